The lowest BCUT2D eigenvalue weighted by atomic mass is 10.00. The molecule has 0 spiro atoms. The highest BCUT2D eigenvalue weighted by molar-refractivity contribution is 5.95. The number of aromatic nitrogens is 3. The van der Waals surface area contributed by atoms with Gasteiger partial charge >= 0.3 is 0 Å². The molecule has 7 heteroatoms. The van der Waals surface area contributed by atoms with Crippen LogP contribution in [0.1, 0.15) is 27.0 Å². The maximum atomic E-state index is 13.4. The van der Waals surface area contributed by atoms with Crippen LogP contribution in [0.5, 0.6) is 0 Å². The highest BCUT2D eigenvalue weighted by Crippen LogP contribution is 2.21. The van der Waals surface area contributed by atoms with Crippen molar-refractivity contribution in [2.75, 3.05) is 31.6 Å². The molecule has 7 nitrogen and oxygen atoms in total. The summed E-state index contributed by atoms with van der Waals surface area (Å²) in [5.41, 5.74) is 6.01. The first-order valence-electron chi connectivity index (χ1n) is 11.7. The highest BCUT2D eigenvalue weighted by Gasteiger charge is 2.24. The average molecular weight is 456 g/mol. The van der Waals surface area contributed by atoms with Gasteiger partial charge < -0.3 is 19.4 Å². The lowest BCUT2D eigenvalue weighted by Gasteiger charge is -2.24. The number of rotatable bonds is 6. The number of amides is 1. The van der Waals surface area contributed by atoms with Gasteiger partial charge in [0.1, 0.15) is 5.65 Å². The first-order chi connectivity index (χ1) is 16.7. The van der Waals surface area contributed by atoms with Gasteiger partial charge in [-0.05, 0) is 54.3 Å². The number of pyridine rings is 2. The summed E-state index contributed by atoms with van der Waals surface area (Å²) in [5.74, 6) is 0.283. The maximum absolute atomic E-state index is 13.4. The van der Waals surface area contributed by atoms with Gasteiger partial charge in [-0.1, -0.05) is 18.2 Å². The highest BCUT2D eigenvalue weighted by atomic mass is 16.5. The summed E-state index contributed by atoms with van der Waals surface area (Å²) in [5, 5.41) is 3.45. The Labute approximate surface area is 199 Å². The fraction of sp³-hybridized carbons (Fsp3) is 0.296. The molecule has 3 aromatic heterocycles. The van der Waals surface area contributed by atoms with Crippen molar-refractivity contribution in [2.24, 2.45) is 5.92 Å². The Hall–Kier alpha value is -3.71. The monoisotopic (exact) mass is 455 g/mol. The van der Waals surface area contributed by atoms with E-state index in [1.165, 1.54) is 5.56 Å². The zero-order valence-corrected chi connectivity index (χ0v) is 19.4. The third-order valence-corrected chi connectivity index (χ3v) is 6.29. The molecule has 5 rings (SSSR count). The molecule has 1 saturated heterocycles. The predicted molar refractivity (Wildman–Crippen MR) is 132 cm³/mol. The van der Waals surface area contributed by atoms with E-state index in [2.05, 4.69) is 27.5 Å². The second-order valence-electron chi connectivity index (χ2n) is 8.87. The number of fused-ring (bicyclic) bond motifs is 1. The number of ether oxygens (including phenoxy) is 1. The Morgan fingerprint density at radius 1 is 1.18 bits per heavy atom. The molecular formula is C27H29N5O2. The zero-order chi connectivity index (χ0) is 23.3. The van der Waals surface area contributed by atoms with Crippen LogP contribution in [0.15, 0.2) is 73.4 Å². The quantitative estimate of drug-likeness (QED) is 0.476. The first kappa shape index (κ1) is 22.1. The number of nitrogens with zero attached hydrogens (tertiary/aromatic N) is 4. The van der Waals surface area contributed by atoms with Crippen LogP contribution in [0, 0.1) is 12.8 Å². The summed E-state index contributed by atoms with van der Waals surface area (Å²) in [4.78, 5) is 23.9. The van der Waals surface area contributed by atoms with Crippen LogP contribution in [0.25, 0.3) is 5.65 Å². The van der Waals surface area contributed by atoms with Gasteiger partial charge in [-0.3, -0.25) is 9.78 Å². The number of benzene rings is 1. The molecule has 1 aliphatic heterocycles. The molecule has 4 heterocycles. The molecule has 0 aliphatic carbocycles. The van der Waals surface area contributed by atoms with Crippen molar-refractivity contribution in [3.63, 3.8) is 0 Å². The van der Waals surface area contributed by atoms with Crippen LogP contribution in [-0.2, 0) is 17.7 Å². The number of carbonyl (C=O) groups is 1. The minimum Gasteiger partial charge on any atom is -0.381 e. The van der Waals surface area contributed by atoms with Crippen molar-refractivity contribution in [2.45, 2.75) is 19.9 Å². The standard InChI is InChI=1S/C27H29N5O2/c1-20-4-6-24(14-25(20)30-16-22-3-2-8-28-15-22)27(33)32-11-12-34-19-23(18-32)13-21-5-7-26-29-9-10-31(26)17-21/h2-10,14-15,17,23,30H,11-13,16,18-19H2,1H3. The van der Waals surface area contributed by atoms with E-state index in [0.717, 1.165) is 28.9 Å². The largest absolute Gasteiger partial charge is 0.381 e. The van der Waals surface area contributed by atoms with Crippen LogP contribution in [0.2, 0.25) is 0 Å². The Morgan fingerprint density at radius 3 is 3.00 bits per heavy atom. The Bertz CT molecular complexity index is 1270. The van der Waals surface area contributed by atoms with E-state index < -0.39 is 0 Å². The third-order valence-electron chi connectivity index (χ3n) is 6.29. The van der Waals surface area contributed by atoms with Crippen molar-refractivity contribution >= 4 is 17.2 Å². The predicted octanol–water partition coefficient (Wildman–Crippen LogP) is 3.98. The van der Waals surface area contributed by atoms with E-state index in [0.29, 0.717) is 38.4 Å². The van der Waals surface area contributed by atoms with Gasteiger partial charge in [-0.25, -0.2) is 4.98 Å². The van der Waals surface area contributed by atoms with E-state index in [-0.39, 0.29) is 11.8 Å². The van der Waals surface area contributed by atoms with Gasteiger partial charge in [-0.15, -0.1) is 0 Å². The smallest absolute Gasteiger partial charge is 0.254 e. The van der Waals surface area contributed by atoms with E-state index in [9.17, 15) is 4.79 Å². The molecule has 0 bridgehead atoms. The van der Waals surface area contributed by atoms with Gasteiger partial charge in [0.25, 0.3) is 5.91 Å². The van der Waals surface area contributed by atoms with E-state index >= 15 is 0 Å². The fourth-order valence-corrected chi connectivity index (χ4v) is 4.44. The van der Waals surface area contributed by atoms with Crippen LogP contribution < -0.4 is 5.32 Å². The summed E-state index contributed by atoms with van der Waals surface area (Å²) in [7, 11) is 0. The van der Waals surface area contributed by atoms with Crippen LogP contribution >= 0.6 is 0 Å². The molecule has 1 aliphatic rings. The van der Waals surface area contributed by atoms with Crippen LogP contribution in [0.3, 0.4) is 0 Å². The molecule has 0 saturated carbocycles. The van der Waals surface area contributed by atoms with E-state index in [1.807, 2.05) is 65.0 Å². The molecular weight excluding hydrogens is 426 g/mol. The number of aryl methyl sites for hydroxylation is 1. The second-order valence-corrected chi connectivity index (χ2v) is 8.87. The van der Waals surface area contributed by atoms with Crippen molar-refractivity contribution in [1.29, 1.82) is 0 Å². The number of hydrogen-bond acceptors (Lipinski definition) is 5. The first-order valence-corrected chi connectivity index (χ1v) is 11.7. The minimum atomic E-state index is 0.0463. The molecule has 1 unspecified atom stereocenters. The Balaban J connectivity index is 1.27. The van der Waals surface area contributed by atoms with Crippen LogP contribution in [-0.4, -0.2) is 51.5 Å². The normalized spacial score (nSPS) is 16.4. The molecule has 1 fully saturated rings. The maximum Gasteiger partial charge on any atom is 0.254 e. The molecule has 1 aromatic carbocycles. The average Bonchev–Trinajstić information content (AvgIpc) is 3.21. The topological polar surface area (TPSA) is 71.8 Å². The molecule has 4 aromatic rings. The van der Waals surface area contributed by atoms with E-state index in [1.54, 1.807) is 12.4 Å². The molecule has 1 N–H and O–H groups in total. The van der Waals surface area contributed by atoms with Gasteiger partial charge in [0, 0.05) is 67.8 Å². The summed E-state index contributed by atoms with van der Waals surface area (Å²) in [6.07, 6.45) is 10.3. The third kappa shape index (κ3) is 5.10. The van der Waals surface area contributed by atoms with Crippen molar-refractivity contribution < 1.29 is 9.53 Å². The summed E-state index contributed by atoms with van der Waals surface area (Å²) in [6.45, 7) is 5.19. The molecule has 0 radical (unpaired) electrons. The lowest BCUT2D eigenvalue weighted by molar-refractivity contribution is 0.0737. The minimum absolute atomic E-state index is 0.0463. The molecule has 174 valence electrons. The Morgan fingerprint density at radius 2 is 2.12 bits per heavy atom. The van der Waals surface area contributed by atoms with Crippen LogP contribution in [0.4, 0.5) is 5.69 Å². The van der Waals surface area contributed by atoms with Gasteiger partial charge in [-0.2, -0.15) is 0 Å². The van der Waals surface area contributed by atoms with Crippen molar-refractivity contribution in [3.05, 3.63) is 95.7 Å². The fourth-order valence-electron chi connectivity index (χ4n) is 4.44. The number of hydrogen-bond donors (Lipinski definition) is 1. The number of imidazole rings is 1. The number of anilines is 1. The zero-order valence-electron chi connectivity index (χ0n) is 19.4. The van der Waals surface area contributed by atoms with Gasteiger partial charge in [0.15, 0.2) is 0 Å². The summed E-state index contributed by atoms with van der Waals surface area (Å²) < 4.78 is 7.90. The summed E-state index contributed by atoms with van der Waals surface area (Å²) >= 11 is 0. The van der Waals surface area contributed by atoms with Gasteiger partial charge in [0.2, 0.25) is 0 Å². The lowest BCUT2D eigenvalue weighted by Crippen LogP contribution is -2.36. The van der Waals surface area contributed by atoms with E-state index in [4.69, 9.17) is 4.74 Å². The van der Waals surface area contributed by atoms with Gasteiger partial charge in [0.05, 0.1) is 13.2 Å². The Kier molecular flexibility index (Phi) is 6.53. The second kappa shape index (κ2) is 10.1. The summed E-state index contributed by atoms with van der Waals surface area (Å²) in [6, 6.07) is 14.0. The van der Waals surface area contributed by atoms with Crippen molar-refractivity contribution in [1.82, 2.24) is 19.3 Å². The van der Waals surface area contributed by atoms with Crippen molar-refractivity contribution in [3.8, 4) is 0 Å². The number of nitrogens with one attached hydrogen (secondary N) is 1. The molecule has 1 atom stereocenters. The molecule has 1 amide bonds. The molecule has 34 heavy (non-hydrogen) atoms. The number of carbonyl (C=O) groups excluding carboxylic acids is 1. The SMILES string of the molecule is Cc1ccc(C(=O)N2CCOCC(Cc3ccc4nccn4c3)C2)cc1NCc1cccnc1.